The SMILES string of the molecule is CCC(C)NC(=O)c1cccc(NC(=S)NC(=O)c2ccc(OCC(C)C)cc2)c1. The molecule has 0 fully saturated rings. The summed E-state index contributed by atoms with van der Waals surface area (Å²) in [7, 11) is 0. The number of rotatable bonds is 8. The number of ether oxygens (including phenoxy) is 1. The van der Waals surface area contributed by atoms with Crippen LogP contribution in [0, 0.1) is 5.92 Å². The Morgan fingerprint density at radius 2 is 1.70 bits per heavy atom. The van der Waals surface area contributed by atoms with Gasteiger partial charge >= 0.3 is 0 Å². The van der Waals surface area contributed by atoms with Gasteiger partial charge in [-0.25, -0.2) is 0 Å². The third kappa shape index (κ3) is 7.48. The third-order valence-electron chi connectivity index (χ3n) is 4.30. The second-order valence-corrected chi connectivity index (χ2v) is 7.91. The van der Waals surface area contributed by atoms with Crippen LogP contribution in [0.2, 0.25) is 0 Å². The molecular formula is C23H29N3O3S. The average molecular weight is 428 g/mol. The molecule has 2 amide bonds. The first-order valence-corrected chi connectivity index (χ1v) is 10.5. The van der Waals surface area contributed by atoms with E-state index in [1.165, 1.54) is 0 Å². The highest BCUT2D eigenvalue weighted by Crippen LogP contribution is 2.14. The van der Waals surface area contributed by atoms with E-state index < -0.39 is 0 Å². The van der Waals surface area contributed by atoms with E-state index >= 15 is 0 Å². The molecule has 0 heterocycles. The molecule has 1 atom stereocenters. The first kappa shape index (κ1) is 23.3. The molecule has 0 spiro atoms. The summed E-state index contributed by atoms with van der Waals surface area (Å²) >= 11 is 5.24. The molecule has 0 saturated carbocycles. The summed E-state index contributed by atoms with van der Waals surface area (Å²) in [6.07, 6.45) is 0.852. The lowest BCUT2D eigenvalue weighted by atomic mass is 10.1. The fourth-order valence-corrected chi connectivity index (χ4v) is 2.66. The Morgan fingerprint density at radius 3 is 2.33 bits per heavy atom. The first-order chi connectivity index (χ1) is 14.3. The molecule has 2 rings (SSSR count). The van der Waals surface area contributed by atoms with Crippen molar-refractivity contribution < 1.29 is 14.3 Å². The fraction of sp³-hybridized carbons (Fsp3) is 0.348. The van der Waals surface area contributed by atoms with E-state index in [4.69, 9.17) is 17.0 Å². The van der Waals surface area contributed by atoms with E-state index in [9.17, 15) is 9.59 Å². The van der Waals surface area contributed by atoms with Gasteiger partial charge in [-0.1, -0.05) is 26.8 Å². The topological polar surface area (TPSA) is 79.5 Å². The van der Waals surface area contributed by atoms with E-state index in [0.717, 1.165) is 6.42 Å². The normalized spacial score (nSPS) is 11.5. The van der Waals surface area contributed by atoms with Gasteiger partial charge in [-0.15, -0.1) is 0 Å². The number of anilines is 1. The number of nitrogens with one attached hydrogen (secondary N) is 3. The molecule has 2 aromatic carbocycles. The predicted molar refractivity (Wildman–Crippen MR) is 124 cm³/mol. The lowest BCUT2D eigenvalue weighted by molar-refractivity contribution is 0.0937. The molecule has 0 aliphatic rings. The van der Waals surface area contributed by atoms with Crippen LogP contribution in [-0.2, 0) is 0 Å². The maximum Gasteiger partial charge on any atom is 0.257 e. The van der Waals surface area contributed by atoms with Gasteiger partial charge in [0.05, 0.1) is 6.61 Å². The minimum absolute atomic E-state index is 0.0941. The third-order valence-corrected chi connectivity index (χ3v) is 4.50. The Morgan fingerprint density at radius 1 is 1.00 bits per heavy atom. The molecule has 0 aromatic heterocycles. The van der Waals surface area contributed by atoms with Crippen molar-refractivity contribution in [1.82, 2.24) is 10.6 Å². The molecule has 160 valence electrons. The van der Waals surface area contributed by atoms with Gasteiger partial charge in [0, 0.05) is 22.9 Å². The molecule has 6 nitrogen and oxygen atoms in total. The maximum absolute atomic E-state index is 12.4. The van der Waals surface area contributed by atoms with Crippen LogP contribution in [0.4, 0.5) is 5.69 Å². The Labute approximate surface area is 183 Å². The summed E-state index contributed by atoms with van der Waals surface area (Å²) < 4.78 is 5.62. The van der Waals surface area contributed by atoms with Crippen molar-refractivity contribution in [3.05, 3.63) is 59.7 Å². The van der Waals surface area contributed by atoms with E-state index in [1.54, 1.807) is 48.5 Å². The van der Waals surface area contributed by atoms with Gasteiger partial charge < -0.3 is 15.4 Å². The van der Waals surface area contributed by atoms with Crippen molar-refractivity contribution >= 4 is 34.8 Å². The Bertz CT molecular complexity index is 882. The Balaban J connectivity index is 1.93. The molecule has 0 aliphatic carbocycles. The summed E-state index contributed by atoms with van der Waals surface area (Å²) in [5.41, 5.74) is 1.61. The van der Waals surface area contributed by atoms with Crippen LogP contribution in [-0.4, -0.2) is 29.6 Å². The van der Waals surface area contributed by atoms with E-state index in [2.05, 4.69) is 29.8 Å². The molecule has 30 heavy (non-hydrogen) atoms. The van der Waals surface area contributed by atoms with E-state index in [1.807, 2.05) is 13.8 Å². The summed E-state index contributed by atoms with van der Waals surface area (Å²) in [5.74, 6) is 0.667. The van der Waals surface area contributed by atoms with E-state index in [0.29, 0.717) is 35.1 Å². The van der Waals surface area contributed by atoms with Crippen molar-refractivity contribution in [1.29, 1.82) is 0 Å². The van der Waals surface area contributed by atoms with Gasteiger partial charge in [0.15, 0.2) is 5.11 Å². The molecule has 0 saturated heterocycles. The first-order valence-electron chi connectivity index (χ1n) is 10.0. The van der Waals surface area contributed by atoms with Crippen molar-refractivity contribution in [2.24, 2.45) is 5.92 Å². The van der Waals surface area contributed by atoms with Crippen LogP contribution in [0.25, 0.3) is 0 Å². The van der Waals surface area contributed by atoms with Crippen LogP contribution < -0.4 is 20.7 Å². The lowest BCUT2D eigenvalue weighted by Gasteiger charge is -2.13. The maximum atomic E-state index is 12.4. The number of carbonyl (C=O) groups is 2. The zero-order chi connectivity index (χ0) is 22.1. The largest absolute Gasteiger partial charge is 0.493 e. The second-order valence-electron chi connectivity index (χ2n) is 7.50. The number of amides is 2. The standard InChI is InChI=1S/C23H29N3O3S/c1-5-16(4)24-22(28)18-7-6-8-19(13-18)25-23(30)26-21(27)17-9-11-20(12-10-17)29-14-15(2)3/h6-13,15-16H,5,14H2,1-4H3,(H,24,28)(H2,25,26,27,30). The van der Waals surface area contributed by atoms with Gasteiger partial charge in [0.2, 0.25) is 0 Å². The summed E-state index contributed by atoms with van der Waals surface area (Å²) in [6.45, 7) is 8.73. The van der Waals surface area contributed by atoms with Crippen molar-refractivity contribution in [2.45, 2.75) is 40.2 Å². The monoisotopic (exact) mass is 427 g/mol. The number of carbonyl (C=O) groups excluding carboxylic acids is 2. The van der Waals surface area contributed by atoms with Crippen LogP contribution in [0.5, 0.6) is 5.75 Å². The number of thiocarbonyl (C=S) groups is 1. The molecule has 3 N–H and O–H groups in total. The van der Waals surface area contributed by atoms with Crippen molar-refractivity contribution in [3.63, 3.8) is 0 Å². The van der Waals surface area contributed by atoms with Crippen LogP contribution in [0.3, 0.4) is 0 Å². The zero-order valence-corrected chi connectivity index (χ0v) is 18.6. The number of benzene rings is 2. The van der Waals surface area contributed by atoms with Crippen molar-refractivity contribution in [3.8, 4) is 5.75 Å². The average Bonchev–Trinajstić information content (AvgIpc) is 2.72. The highest BCUT2D eigenvalue weighted by molar-refractivity contribution is 7.80. The van der Waals surface area contributed by atoms with E-state index in [-0.39, 0.29) is 23.0 Å². The molecule has 0 aliphatic heterocycles. The smallest absolute Gasteiger partial charge is 0.257 e. The molecule has 0 radical (unpaired) electrons. The highest BCUT2D eigenvalue weighted by Gasteiger charge is 2.11. The second kappa shape index (κ2) is 11.3. The Kier molecular flexibility index (Phi) is 8.80. The van der Waals surface area contributed by atoms with Crippen LogP contribution >= 0.6 is 12.2 Å². The minimum atomic E-state index is -0.325. The molecule has 2 aromatic rings. The Hall–Kier alpha value is -2.93. The highest BCUT2D eigenvalue weighted by atomic mass is 32.1. The van der Waals surface area contributed by atoms with Gasteiger partial charge in [0.25, 0.3) is 11.8 Å². The van der Waals surface area contributed by atoms with Crippen LogP contribution in [0.15, 0.2) is 48.5 Å². The summed E-state index contributed by atoms with van der Waals surface area (Å²) in [6, 6.07) is 13.9. The molecule has 1 unspecified atom stereocenters. The molecular weight excluding hydrogens is 398 g/mol. The van der Waals surface area contributed by atoms with Gasteiger partial charge in [-0.05, 0) is 73.9 Å². The quantitative estimate of drug-likeness (QED) is 0.545. The summed E-state index contributed by atoms with van der Waals surface area (Å²) in [4.78, 5) is 24.7. The minimum Gasteiger partial charge on any atom is -0.493 e. The number of hydrogen-bond donors (Lipinski definition) is 3. The molecule has 7 heteroatoms. The zero-order valence-electron chi connectivity index (χ0n) is 17.8. The van der Waals surface area contributed by atoms with Crippen LogP contribution in [0.1, 0.15) is 54.8 Å². The van der Waals surface area contributed by atoms with Crippen molar-refractivity contribution in [2.75, 3.05) is 11.9 Å². The predicted octanol–water partition coefficient (Wildman–Crippen LogP) is 4.38. The lowest BCUT2D eigenvalue weighted by Crippen LogP contribution is -2.34. The number of hydrogen-bond acceptors (Lipinski definition) is 4. The van der Waals surface area contributed by atoms with Gasteiger partial charge in [-0.2, -0.15) is 0 Å². The van der Waals surface area contributed by atoms with Gasteiger partial charge in [-0.3, -0.25) is 14.9 Å². The fourth-order valence-electron chi connectivity index (χ4n) is 2.45. The summed E-state index contributed by atoms with van der Waals surface area (Å²) in [5, 5.41) is 8.66. The van der Waals surface area contributed by atoms with Gasteiger partial charge in [0.1, 0.15) is 5.75 Å². The molecule has 0 bridgehead atoms.